The fourth-order valence-electron chi connectivity index (χ4n) is 2.49. The average molecular weight is 340 g/mol. The zero-order valence-corrected chi connectivity index (χ0v) is 13.9. The molecule has 22 heavy (non-hydrogen) atoms. The van der Waals surface area contributed by atoms with Gasteiger partial charge in [-0.1, -0.05) is 12.5 Å². The van der Waals surface area contributed by atoms with Gasteiger partial charge in [0.25, 0.3) is 10.0 Å². The van der Waals surface area contributed by atoms with Crippen molar-refractivity contribution in [1.29, 1.82) is 0 Å². The molecule has 0 saturated carbocycles. The number of aromatic nitrogens is 1. The van der Waals surface area contributed by atoms with Gasteiger partial charge in [-0.2, -0.15) is 0 Å². The smallest absolute Gasteiger partial charge is 0.255 e. The van der Waals surface area contributed by atoms with Gasteiger partial charge < -0.3 is 0 Å². The van der Waals surface area contributed by atoms with Crippen LogP contribution in [-0.2, 0) is 22.9 Å². The van der Waals surface area contributed by atoms with Crippen LogP contribution in [0.2, 0.25) is 0 Å². The monoisotopic (exact) mass is 340 g/mol. The lowest BCUT2D eigenvalue weighted by Gasteiger charge is -2.06. The summed E-state index contributed by atoms with van der Waals surface area (Å²) < 4.78 is 40.7. The highest BCUT2D eigenvalue weighted by atomic mass is 32.2. The molecule has 0 saturated heterocycles. The van der Waals surface area contributed by atoms with Gasteiger partial charge in [-0.3, -0.25) is 4.72 Å². The standard InChI is InChI=1S/C15H17FN2O2S2/c1-10-7-8-11(9-12(10)16)22(19,20)18-15-17-13-5-3-2-4-6-14(13)21-15/h7-9H,2-6H2,1H3,(H,17,18). The summed E-state index contributed by atoms with van der Waals surface area (Å²) in [5, 5.41) is 0.368. The Morgan fingerprint density at radius 1 is 1.23 bits per heavy atom. The minimum Gasteiger partial charge on any atom is -0.255 e. The first kappa shape index (κ1) is 15.4. The quantitative estimate of drug-likeness (QED) is 0.868. The van der Waals surface area contributed by atoms with E-state index in [1.54, 1.807) is 6.92 Å². The van der Waals surface area contributed by atoms with Crippen LogP contribution in [0.15, 0.2) is 23.1 Å². The number of thiazole rings is 1. The second kappa shape index (κ2) is 5.96. The second-order valence-electron chi connectivity index (χ2n) is 5.47. The van der Waals surface area contributed by atoms with Crippen molar-refractivity contribution in [2.24, 2.45) is 0 Å². The van der Waals surface area contributed by atoms with Gasteiger partial charge >= 0.3 is 0 Å². The highest BCUT2D eigenvalue weighted by molar-refractivity contribution is 7.93. The van der Waals surface area contributed by atoms with Crippen LogP contribution in [-0.4, -0.2) is 13.4 Å². The Kier molecular flexibility index (Phi) is 4.18. The molecule has 7 heteroatoms. The number of rotatable bonds is 3. The van der Waals surface area contributed by atoms with Crippen LogP contribution >= 0.6 is 11.3 Å². The van der Waals surface area contributed by atoms with Crippen molar-refractivity contribution >= 4 is 26.5 Å². The van der Waals surface area contributed by atoms with E-state index in [1.807, 2.05) is 0 Å². The summed E-state index contributed by atoms with van der Waals surface area (Å²) >= 11 is 1.38. The number of sulfonamides is 1. The molecule has 2 aromatic rings. The van der Waals surface area contributed by atoms with Crippen molar-refractivity contribution in [3.05, 3.63) is 40.2 Å². The van der Waals surface area contributed by atoms with E-state index in [4.69, 9.17) is 0 Å². The summed E-state index contributed by atoms with van der Waals surface area (Å²) in [5.74, 6) is -0.530. The Morgan fingerprint density at radius 3 is 2.77 bits per heavy atom. The van der Waals surface area contributed by atoms with E-state index in [9.17, 15) is 12.8 Å². The van der Waals surface area contributed by atoms with Gasteiger partial charge in [0.1, 0.15) is 5.82 Å². The number of nitrogens with one attached hydrogen (secondary N) is 1. The summed E-state index contributed by atoms with van der Waals surface area (Å²) in [4.78, 5) is 5.47. The van der Waals surface area contributed by atoms with E-state index < -0.39 is 15.8 Å². The van der Waals surface area contributed by atoms with Gasteiger partial charge in [-0.15, -0.1) is 11.3 Å². The van der Waals surface area contributed by atoms with Gasteiger partial charge in [0.05, 0.1) is 10.6 Å². The third-order valence-corrected chi connectivity index (χ3v) is 6.31. The third kappa shape index (κ3) is 3.15. The fraction of sp³-hybridized carbons (Fsp3) is 0.400. The molecule has 3 rings (SSSR count). The van der Waals surface area contributed by atoms with Crippen LogP contribution < -0.4 is 4.72 Å². The molecule has 0 aliphatic heterocycles. The first-order chi connectivity index (χ1) is 10.5. The summed E-state index contributed by atoms with van der Waals surface area (Å²) in [6.45, 7) is 1.59. The molecule has 1 aliphatic carbocycles. The van der Waals surface area contributed by atoms with E-state index >= 15 is 0 Å². The maximum atomic E-state index is 13.6. The Morgan fingerprint density at radius 2 is 2.00 bits per heavy atom. The predicted octanol–water partition coefficient (Wildman–Crippen LogP) is 3.66. The highest BCUT2D eigenvalue weighted by Gasteiger charge is 2.20. The molecule has 4 nitrogen and oxygen atoms in total. The largest absolute Gasteiger partial charge is 0.263 e. The summed E-state index contributed by atoms with van der Waals surface area (Å²) in [6, 6.07) is 3.90. The molecule has 1 N–H and O–H groups in total. The van der Waals surface area contributed by atoms with Crippen molar-refractivity contribution in [2.75, 3.05) is 4.72 Å². The fourth-order valence-corrected chi connectivity index (χ4v) is 4.78. The van der Waals surface area contributed by atoms with Crippen molar-refractivity contribution in [2.45, 2.75) is 43.9 Å². The molecule has 0 radical (unpaired) electrons. The first-order valence-corrected chi connectivity index (χ1v) is 9.53. The van der Waals surface area contributed by atoms with Crippen molar-refractivity contribution in [1.82, 2.24) is 4.98 Å². The second-order valence-corrected chi connectivity index (χ2v) is 8.23. The third-order valence-electron chi connectivity index (χ3n) is 3.77. The maximum absolute atomic E-state index is 13.6. The van der Waals surface area contributed by atoms with E-state index in [0.29, 0.717) is 10.7 Å². The lowest BCUT2D eigenvalue weighted by Crippen LogP contribution is -2.13. The lowest BCUT2D eigenvalue weighted by atomic mass is 10.2. The normalized spacial score (nSPS) is 15.2. The van der Waals surface area contributed by atoms with Crippen LogP contribution in [0.1, 0.15) is 35.4 Å². The van der Waals surface area contributed by atoms with Gasteiger partial charge in [-0.05, 0) is 50.3 Å². The maximum Gasteiger partial charge on any atom is 0.263 e. The molecule has 118 valence electrons. The van der Waals surface area contributed by atoms with E-state index in [2.05, 4.69) is 9.71 Å². The number of nitrogens with zero attached hydrogens (tertiary/aromatic N) is 1. The zero-order chi connectivity index (χ0) is 15.7. The van der Waals surface area contributed by atoms with Crippen molar-refractivity contribution in [3.8, 4) is 0 Å². The van der Waals surface area contributed by atoms with Crippen LogP contribution in [0.25, 0.3) is 0 Å². The van der Waals surface area contributed by atoms with Crippen molar-refractivity contribution < 1.29 is 12.8 Å². The Hall–Kier alpha value is -1.47. The number of fused-ring (bicyclic) bond motifs is 1. The molecule has 1 aliphatic rings. The SMILES string of the molecule is Cc1ccc(S(=O)(=O)Nc2nc3c(s2)CCCCC3)cc1F. The molecule has 0 spiro atoms. The van der Waals surface area contributed by atoms with Gasteiger partial charge in [-0.25, -0.2) is 17.8 Å². The molecule has 0 unspecified atom stereocenters. The minimum atomic E-state index is -3.80. The zero-order valence-electron chi connectivity index (χ0n) is 12.2. The Bertz CT molecular complexity index is 776. The van der Waals surface area contributed by atoms with Crippen LogP contribution in [0.5, 0.6) is 0 Å². The molecule has 0 atom stereocenters. The highest BCUT2D eigenvalue weighted by Crippen LogP contribution is 2.30. The number of hydrogen-bond donors (Lipinski definition) is 1. The number of hydrogen-bond acceptors (Lipinski definition) is 4. The van der Waals surface area contributed by atoms with Gasteiger partial charge in [0, 0.05) is 4.88 Å². The molecule has 0 bridgehead atoms. The van der Waals surface area contributed by atoms with Crippen molar-refractivity contribution in [3.63, 3.8) is 0 Å². The Labute approximate surface area is 133 Å². The molecule has 0 fully saturated rings. The van der Waals surface area contributed by atoms with E-state index in [-0.39, 0.29) is 4.90 Å². The average Bonchev–Trinajstić information content (AvgIpc) is 2.69. The molecule has 1 aromatic carbocycles. The van der Waals surface area contributed by atoms with Gasteiger partial charge in [0.2, 0.25) is 0 Å². The van der Waals surface area contributed by atoms with Crippen LogP contribution in [0, 0.1) is 12.7 Å². The topological polar surface area (TPSA) is 59.1 Å². The number of aryl methyl sites for hydroxylation is 3. The molecular formula is C15H17FN2O2S2. The summed E-state index contributed by atoms with van der Waals surface area (Å²) in [7, 11) is -3.80. The minimum absolute atomic E-state index is 0.0824. The summed E-state index contributed by atoms with van der Waals surface area (Å²) in [5.41, 5.74) is 1.41. The molecule has 1 aromatic heterocycles. The van der Waals surface area contributed by atoms with E-state index in [1.165, 1.54) is 29.9 Å². The number of anilines is 1. The molecule has 0 amide bonds. The summed E-state index contributed by atoms with van der Waals surface area (Å²) in [6.07, 6.45) is 5.24. The Balaban J connectivity index is 1.86. The molecular weight excluding hydrogens is 323 g/mol. The van der Waals surface area contributed by atoms with Crippen LogP contribution in [0.4, 0.5) is 9.52 Å². The van der Waals surface area contributed by atoms with Gasteiger partial charge in [0.15, 0.2) is 5.13 Å². The lowest BCUT2D eigenvalue weighted by molar-refractivity contribution is 0.593. The first-order valence-electron chi connectivity index (χ1n) is 7.23. The van der Waals surface area contributed by atoms with Crippen LogP contribution in [0.3, 0.4) is 0 Å². The molecule has 1 heterocycles. The predicted molar refractivity (Wildman–Crippen MR) is 85.3 cm³/mol. The van der Waals surface area contributed by atoms with E-state index in [0.717, 1.165) is 42.3 Å². The number of halogens is 1. The number of benzene rings is 1.